The molecule has 1 N–H and O–H groups in total. The highest BCUT2D eigenvalue weighted by Crippen LogP contribution is 2.29. The molecule has 1 saturated carbocycles. The maximum absolute atomic E-state index is 14.0. The number of benzene rings is 2. The minimum absolute atomic E-state index is 0.0776. The van der Waals surface area contributed by atoms with Crippen LogP contribution in [0.4, 0.5) is 4.39 Å². The SMILES string of the molecule is C[C@H](NC(=O)CN(Cc1ccccc1F)C1CC1)c1cc2ccccc2o1. The number of nitrogens with zero attached hydrogens (tertiary/aromatic N) is 1. The summed E-state index contributed by atoms with van der Waals surface area (Å²) in [4.78, 5) is 14.6. The zero-order valence-corrected chi connectivity index (χ0v) is 15.3. The number of hydrogen-bond acceptors (Lipinski definition) is 3. The van der Waals surface area contributed by atoms with Gasteiger partial charge in [0.25, 0.3) is 0 Å². The lowest BCUT2D eigenvalue weighted by molar-refractivity contribution is -0.123. The first-order chi connectivity index (χ1) is 13.1. The van der Waals surface area contributed by atoms with Gasteiger partial charge in [-0.3, -0.25) is 9.69 Å². The van der Waals surface area contributed by atoms with Crippen LogP contribution in [-0.4, -0.2) is 23.4 Å². The Balaban J connectivity index is 1.40. The van der Waals surface area contributed by atoms with Gasteiger partial charge in [0.15, 0.2) is 0 Å². The van der Waals surface area contributed by atoms with Crippen LogP contribution < -0.4 is 5.32 Å². The summed E-state index contributed by atoms with van der Waals surface area (Å²) in [5.41, 5.74) is 1.44. The first-order valence-corrected chi connectivity index (χ1v) is 9.35. The first-order valence-electron chi connectivity index (χ1n) is 9.35. The van der Waals surface area contributed by atoms with Gasteiger partial charge in [0.1, 0.15) is 17.2 Å². The largest absolute Gasteiger partial charge is 0.459 e. The molecule has 1 aromatic heterocycles. The quantitative estimate of drug-likeness (QED) is 0.673. The lowest BCUT2D eigenvalue weighted by Gasteiger charge is -2.22. The molecule has 3 aromatic rings. The van der Waals surface area contributed by atoms with Gasteiger partial charge in [-0.05, 0) is 38.0 Å². The maximum Gasteiger partial charge on any atom is 0.234 e. The normalized spacial score (nSPS) is 15.2. The summed E-state index contributed by atoms with van der Waals surface area (Å²) in [6.45, 7) is 2.61. The number of halogens is 1. The standard InChI is InChI=1S/C22H23FN2O2/c1-15(21-12-16-6-3-5-9-20(16)27-21)24-22(26)14-25(18-10-11-18)13-17-7-2-4-8-19(17)23/h2-9,12,15,18H,10-11,13-14H2,1H3,(H,24,26)/t15-/m0/s1. The Labute approximate surface area is 158 Å². The van der Waals surface area contributed by atoms with E-state index in [0.717, 1.165) is 29.6 Å². The van der Waals surface area contributed by atoms with E-state index in [2.05, 4.69) is 10.2 Å². The third kappa shape index (κ3) is 4.19. The van der Waals surface area contributed by atoms with Crippen LogP contribution in [0.3, 0.4) is 0 Å². The molecule has 4 nitrogen and oxygen atoms in total. The molecule has 0 aliphatic heterocycles. The molecule has 4 rings (SSSR count). The minimum Gasteiger partial charge on any atom is -0.459 e. The molecule has 1 aliphatic carbocycles. The van der Waals surface area contributed by atoms with E-state index in [1.54, 1.807) is 12.1 Å². The van der Waals surface area contributed by atoms with E-state index in [0.29, 0.717) is 18.2 Å². The lowest BCUT2D eigenvalue weighted by atomic mass is 10.2. The van der Waals surface area contributed by atoms with Crippen molar-refractivity contribution in [2.75, 3.05) is 6.54 Å². The van der Waals surface area contributed by atoms with Crippen molar-refractivity contribution in [3.63, 3.8) is 0 Å². The number of para-hydroxylation sites is 1. The molecule has 0 bridgehead atoms. The molecular formula is C22H23FN2O2. The molecule has 1 amide bonds. The minimum atomic E-state index is -0.223. The molecular weight excluding hydrogens is 343 g/mol. The zero-order valence-electron chi connectivity index (χ0n) is 15.3. The molecule has 0 unspecified atom stereocenters. The van der Waals surface area contributed by atoms with E-state index < -0.39 is 0 Å². The van der Waals surface area contributed by atoms with Gasteiger partial charge in [-0.25, -0.2) is 4.39 Å². The van der Waals surface area contributed by atoms with Crippen LogP contribution in [-0.2, 0) is 11.3 Å². The van der Waals surface area contributed by atoms with Gasteiger partial charge in [0.05, 0.1) is 12.6 Å². The van der Waals surface area contributed by atoms with Gasteiger partial charge in [0, 0.05) is 23.5 Å². The van der Waals surface area contributed by atoms with Crippen molar-refractivity contribution in [1.29, 1.82) is 0 Å². The van der Waals surface area contributed by atoms with E-state index in [1.807, 2.05) is 43.3 Å². The third-order valence-corrected chi connectivity index (χ3v) is 4.99. The topological polar surface area (TPSA) is 45.5 Å². The van der Waals surface area contributed by atoms with Crippen molar-refractivity contribution in [2.45, 2.75) is 38.4 Å². The average molecular weight is 366 g/mol. The highest BCUT2D eigenvalue weighted by molar-refractivity contribution is 5.80. The van der Waals surface area contributed by atoms with E-state index in [1.165, 1.54) is 6.07 Å². The van der Waals surface area contributed by atoms with Crippen LogP contribution in [0.5, 0.6) is 0 Å². The molecule has 2 aromatic carbocycles. The monoisotopic (exact) mass is 366 g/mol. The van der Waals surface area contributed by atoms with Crippen molar-refractivity contribution in [1.82, 2.24) is 10.2 Å². The van der Waals surface area contributed by atoms with Crippen molar-refractivity contribution in [3.8, 4) is 0 Å². The molecule has 0 spiro atoms. The Morgan fingerprint density at radius 1 is 1.22 bits per heavy atom. The van der Waals surface area contributed by atoms with Gasteiger partial charge >= 0.3 is 0 Å². The van der Waals surface area contributed by atoms with Crippen molar-refractivity contribution >= 4 is 16.9 Å². The fourth-order valence-corrected chi connectivity index (χ4v) is 3.36. The number of furan rings is 1. The predicted molar refractivity (Wildman–Crippen MR) is 103 cm³/mol. The number of rotatable bonds is 7. The molecule has 0 radical (unpaired) electrons. The molecule has 1 heterocycles. The highest BCUT2D eigenvalue weighted by atomic mass is 19.1. The molecule has 0 saturated heterocycles. The van der Waals surface area contributed by atoms with Crippen LogP contribution in [0.1, 0.15) is 37.1 Å². The van der Waals surface area contributed by atoms with E-state index in [-0.39, 0.29) is 24.3 Å². The molecule has 1 aliphatic rings. The van der Waals surface area contributed by atoms with Gasteiger partial charge < -0.3 is 9.73 Å². The van der Waals surface area contributed by atoms with E-state index >= 15 is 0 Å². The molecule has 27 heavy (non-hydrogen) atoms. The Morgan fingerprint density at radius 3 is 2.70 bits per heavy atom. The number of fused-ring (bicyclic) bond motifs is 1. The summed E-state index contributed by atoms with van der Waals surface area (Å²) in [7, 11) is 0. The number of amides is 1. The summed E-state index contributed by atoms with van der Waals surface area (Å²) >= 11 is 0. The smallest absolute Gasteiger partial charge is 0.234 e. The molecule has 1 atom stereocenters. The third-order valence-electron chi connectivity index (χ3n) is 4.99. The number of carbonyl (C=O) groups is 1. The second-order valence-electron chi connectivity index (χ2n) is 7.20. The summed E-state index contributed by atoms with van der Waals surface area (Å²) in [6, 6.07) is 16.6. The van der Waals surface area contributed by atoms with Crippen LogP contribution >= 0.6 is 0 Å². The lowest BCUT2D eigenvalue weighted by Crippen LogP contribution is -2.39. The number of carbonyl (C=O) groups excluding carboxylic acids is 1. The average Bonchev–Trinajstić information content (AvgIpc) is 3.41. The van der Waals surface area contributed by atoms with Crippen molar-refractivity contribution in [3.05, 3.63) is 71.7 Å². The Bertz CT molecular complexity index is 915. The van der Waals surface area contributed by atoms with Crippen LogP contribution in [0.2, 0.25) is 0 Å². The van der Waals surface area contributed by atoms with Crippen LogP contribution in [0.15, 0.2) is 59.0 Å². The second-order valence-corrected chi connectivity index (χ2v) is 7.20. The fourth-order valence-electron chi connectivity index (χ4n) is 3.36. The molecule has 1 fully saturated rings. The second kappa shape index (κ2) is 7.53. The fraction of sp³-hybridized carbons (Fsp3) is 0.318. The summed E-state index contributed by atoms with van der Waals surface area (Å²) in [5, 5.41) is 4.02. The number of nitrogens with one attached hydrogen (secondary N) is 1. The first kappa shape index (κ1) is 17.7. The summed E-state index contributed by atoms with van der Waals surface area (Å²) in [5.74, 6) is 0.432. The van der Waals surface area contributed by atoms with Crippen LogP contribution in [0.25, 0.3) is 11.0 Å². The van der Waals surface area contributed by atoms with E-state index in [9.17, 15) is 9.18 Å². The Kier molecular flexibility index (Phi) is 4.94. The van der Waals surface area contributed by atoms with Crippen molar-refractivity contribution < 1.29 is 13.6 Å². The van der Waals surface area contributed by atoms with Crippen molar-refractivity contribution in [2.24, 2.45) is 0 Å². The van der Waals surface area contributed by atoms with Crippen LogP contribution in [0, 0.1) is 5.82 Å². The summed E-state index contributed by atoms with van der Waals surface area (Å²) in [6.07, 6.45) is 2.11. The van der Waals surface area contributed by atoms with Gasteiger partial charge in [-0.1, -0.05) is 36.4 Å². The van der Waals surface area contributed by atoms with Gasteiger partial charge in [-0.15, -0.1) is 0 Å². The summed E-state index contributed by atoms with van der Waals surface area (Å²) < 4.78 is 19.8. The predicted octanol–water partition coefficient (Wildman–Crippen LogP) is 4.41. The zero-order chi connectivity index (χ0) is 18.8. The highest BCUT2D eigenvalue weighted by Gasteiger charge is 2.31. The Morgan fingerprint density at radius 2 is 1.96 bits per heavy atom. The molecule has 5 heteroatoms. The maximum atomic E-state index is 14.0. The van der Waals surface area contributed by atoms with E-state index in [4.69, 9.17) is 4.42 Å². The van der Waals surface area contributed by atoms with Gasteiger partial charge in [-0.2, -0.15) is 0 Å². The molecule has 140 valence electrons. The number of hydrogen-bond donors (Lipinski definition) is 1. The Hall–Kier alpha value is -2.66. The van der Waals surface area contributed by atoms with Gasteiger partial charge in [0.2, 0.25) is 5.91 Å².